The van der Waals surface area contributed by atoms with Gasteiger partial charge in [-0.3, -0.25) is 9.59 Å². The van der Waals surface area contributed by atoms with Gasteiger partial charge in [0, 0.05) is 0 Å². The third kappa shape index (κ3) is 5.59. The highest BCUT2D eigenvalue weighted by atomic mass is 16.7. The summed E-state index contributed by atoms with van der Waals surface area (Å²) in [5.74, 6) is -1.82. The van der Waals surface area contributed by atoms with Crippen molar-refractivity contribution in [2.75, 3.05) is 6.61 Å². The lowest BCUT2D eigenvalue weighted by molar-refractivity contribution is -0.207. The molecule has 1 fully saturated rings. The Morgan fingerprint density at radius 1 is 1.11 bits per heavy atom. The Morgan fingerprint density at radius 2 is 1.76 bits per heavy atom. The highest BCUT2D eigenvalue weighted by molar-refractivity contribution is 5.95. The molecule has 2 heterocycles. The molecule has 2 aliphatic rings. The fraction of sp³-hybridized carbons (Fsp3) is 0.346. The number of ether oxygens (including phenoxy) is 2. The molecule has 0 aromatic heterocycles. The van der Waals surface area contributed by atoms with Crippen molar-refractivity contribution in [3.05, 3.63) is 71.8 Å². The molecule has 0 bridgehead atoms. The van der Waals surface area contributed by atoms with E-state index in [2.05, 4.69) is 15.9 Å². The molecule has 2 aromatic carbocycles. The first-order valence-electron chi connectivity index (χ1n) is 12.0. The van der Waals surface area contributed by atoms with E-state index in [0.29, 0.717) is 0 Å². The summed E-state index contributed by atoms with van der Waals surface area (Å²) in [5, 5.41) is 18.8. The number of nitrogens with zero attached hydrogens (tertiary/aromatic N) is 2. The molecule has 3 amide bonds. The summed E-state index contributed by atoms with van der Waals surface area (Å²) in [6, 6.07) is 14.8. The number of benzene rings is 2. The van der Waals surface area contributed by atoms with Gasteiger partial charge in [-0.2, -0.15) is 0 Å². The highest BCUT2D eigenvalue weighted by Crippen LogP contribution is 2.34. The van der Waals surface area contributed by atoms with Gasteiger partial charge >= 0.3 is 12.1 Å². The van der Waals surface area contributed by atoms with Crippen molar-refractivity contribution in [1.29, 1.82) is 0 Å². The topological polar surface area (TPSA) is 156 Å². The second-order valence-corrected chi connectivity index (χ2v) is 8.94. The summed E-state index contributed by atoms with van der Waals surface area (Å²) >= 11 is 0. The summed E-state index contributed by atoms with van der Waals surface area (Å²) in [4.78, 5) is 55.9. The van der Waals surface area contributed by atoms with Crippen molar-refractivity contribution >= 4 is 30.1 Å². The molecule has 200 valence electrons. The minimum absolute atomic E-state index is 0.0000277. The van der Waals surface area contributed by atoms with Crippen LogP contribution in [0.3, 0.4) is 0 Å². The molecule has 0 unspecified atom stereocenters. The number of hydrazine groups is 1. The first-order chi connectivity index (χ1) is 18.2. The van der Waals surface area contributed by atoms with Crippen LogP contribution >= 0.6 is 0 Å². The molecule has 12 nitrogen and oxygen atoms in total. The zero-order valence-electron chi connectivity index (χ0n) is 20.8. The van der Waals surface area contributed by atoms with Crippen molar-refractivity contribution in [2.45, 2.75) is 50.2 Å². The van der Waals surface area contributed by atoms with Gasteiger partial charge in [0.05, 0.1) is 24.8 Å². The molecule has 3 N–H and O–H groups in total. The lowest BCUT2D eigenvalue weighted by atomic mass is 9.80. The zero-order valence-corrected chi connectivity index (χ0v) is 20.8. The fourth-order valence-corrected chi connectivity index (χ4v) is 4.26. The second-order valence-electron chi connectivity index (χ2n) is 8.94. The number of hydrogen-bond donors (Lipinski definition) is 3. The van der Waals surface area contributed by atoms with E-state index in [1.165, 1.54) is 6.92 Å². The lowest BCUT2D eigenvalue weighted by Crippen LogP contribution is -2.81. The molecule has 0 saturated carbocycles. The molecule has 5 atom stereocenters. The van der Waals surface area contributed by atoms with E-state index < -0.39 is 53.8 Å². The Hall–Kier alpha value is -4.45. The Labute approximate surface area is 218 Å². The predicted molar refractivity (Wildman–Crippen MR) is 133 cm³/mol. The number of amides is 3. The van der Waals surface area contributed by atoms with Crippen LogP contribution in [0.15, 0.2) is 65.8 Å². The van der Waals surface area contributed by atoms with Crippen LogP contribution in [-0.4, -0.2) is 76.7 Å². The molecule has 0 radical (unpaired) electrons. The van der Waals surface area contributed by atoms with E-state index >= 15 is 0 Å². The normalized spacial score (nSPS) is 26.0. The SMILES string of the molecule is CCOC(=O)NN1C(=O)[C@H](NC(=O)Cc2ccccc2)[C@@H]1[C@@H]1ON=C[C@@H](OC(=O)c2ccccc2)[C@@]1(C)O. The largest absolute Gasteiger partial charge is 0.450 e. The van der Waals surface area contributed by atoms with E-state index in [4.69, 9.17) is 14.3 Å². The van der Waals surface area contributed by atoms with Crippen molar-refractivity contribution < 1.29 is 38.6 Å². The van der Waals surface area contributed by atoms with Gasteiger partial charge in [-0.05, 0) is 31.5 Å². The monoisotopic (exact) mass is 524 g/mol. The molecular formula is C26H28N4O8. The van der Waals surface area contributed by atoms with Gasteiger partial charge in [0.2, 0.25) is 5.91 Å². The number of aliphatic hydroxyl groups is 1. The van der Waals surface area contributed by atoms with E-state index in [9.17, 15) is 24.3 Å². The molecule has 2 aromatic rings. The molecule has 12 heteroatoms. The van der Waals surface area contributed by atoms with Gasteiger partial charge in [-0.15, -0.1) is 0 Å². The first-order valence-corrected chi connectivity index (χ1v) is 12.0. The van der Waals surface area contributed by atoms with Crippen molar-refractivity contribution in [3.8, 4) is 0 Å². The van der Waals surface area contributed by atoms with Crippen molar-refractivity contribution in [3.63, 3.8) is 0 Å². The summed E-state index contributed by atoms with van der Waals surface area (Å²) < 4.78 is 10.4. The third-order valence-electron chi connectivity index (χ3n) is 6.23. The maximum atomic E-state index is 13.0. The van der Waals surface area contributed by atoms with Crippen molar-refractivity contribution in [2.24, 2.45) is 5.16 Å². The van der Waals surface area contributed by atoms with E-state index in [1.807, 2.05) is 6.07 Å². The summed E-state index contributed by atoms with van der Waals surface area (Å²) in [5.41, 5.74) is 1.37. The second kappa shape index (κ2) is 11.3. The third-order valence-corrected chi connectivity index (χ3v) is 6.23. The Balaban J connectivity index is 1.54. The zero-order chi connectivity index (χ0) is 27.3. The van der Waals surface area contributed by atoms with Gasteiger partial charge in [0.25, 0.3) is 5.91 Å². The average Bonchev–Trinajstić information content (AvgIpc) is 2.90. The van der Waals surface area contributed by atoms with Crippen LogP contribution in [0.1, 0.15) is 29.8 Å². The molecule has 0 spiro atoms. The molecule has 1 saturated heterocycles. The Bertz CT molecular complexity index is 1200. The van der Waals surface area contributed by atoms with Crippen LogP contribution < -0.4 is 10.7 Å². The van der Waals surface area contributed by atoms with Crippen LogP contribution in [0.25, 0.3) is 0 Å². The van der Waals surface area contributed by atoms with Crippen LogP contribution in [0.5, 0.6) is 0 Å². The highest BCUT2D eigenvalue weighted by Gasteiger charge is 2.62. The Morgan fingerprint density at radius 3 is 2.42 bits per heavy atom. The number of oxime groups is 1. The molecular weight excluding hydrogens is 496 g/mol. The van der Waals surface area contributed by atoms with Crippen LogP contribution in [0, 0.1) is 0 Å². The molecule has 2 aliphatic heterocycles. The number of esters is 1. The van der Waals surface area contributed by atoms with Gasteiger partial charge in [0.1, 0.15) is 17.7 Å². The van der Waals surface area contributed by atoms with Crippen LogP contribution in [0.2, 0.25) is 0 Å². The number of β-lactam (4-membered cyclic amide) rings is 1. The van der Waals surface area contributed by atoms with Gasteiger partial charge < -0.3 is 24.7 Å². The van der Waals surface area contributed by atoms with E-state index in [1.54, 1.807) is 61.5 Å². The molecule has 4 rings (SSSR count). The number of nitrogens with one attached hydrogen (secondary N) is 2. The minimum Gasteiger partial charge on any atom is -0.450 e. The minimum atomic E-state index is -1.92. The maximum absolute atomic E-state index is 13.0. The maximum Gasteiger partial charge on any atom is 0.426 e. The van der Waals surface area contributed by atoms with E-state index in [-0.39, 0.29) is 18.6 Å². The summed E-state index contributed by atoms with van der Waals surface area (Å²) in [6.45, 7) is 2.99. The quantitative estimate of drug-likeness (QED) is 0.340. The van der Waals surface area contributed by atoms with Crippen LogP contribution in [0.4, 0.5) is 4.79 Å². The van der Waals surface area contributed by atoms with Crippen LogP contribution in [-0.2, 0) is 30.3 Å². The molecule has 38 heavy (non-hydrogen) atoms. The summed E-state index contributed by atoms with van der Waals surface area (Å²) in [7, 11) is 0. The van der Waals surface area contributed by atoms with E-state index in [0.717, 1.165) is 16.8 Å². The fourth-order valence-electron chi connectivity index (χ4n) is 4.26. The number of carbonyl (C=O) groups excluding carboxylic acids is 4. The number of rotatable bonds is 8. The van der Waals surface area contributed by atoms with Gasteiger partial charge in [0.15, 0.2) is 12.2 Å². The predicted octanol–water partition coefficient (Wildman–Crippen LogP) is 0.947. The lowest BCUT2D eigenvalue weighted by Gasteiger charge is -2.52. The summed E-state index contributed by atoms with van der Waals surface area (Å²) in [6.07, 6.45) is -2.37. The van der Waals surface area contributed by atoms with Crippen molar-refractivity contribution in [1.82, 2.24) is 15.8 Å². The number of carbonyl (C=O) groups is 4. The van der Waals surface area contributed by atoms with Gasteiger partial charge in [-0.25, -0.2) is 20.0 Å². The smallest absolute Gasteiger partial charge is 0.426 e. The molecule has 0 aliphatic carbocycles. The average molecular weight is 525 g/mol. The Kier molecular flexibility index (Phi) is 7.91. The first kappa shape index (κ1) is 26.6. The number of hydrogen-bond acceptors (Lipinski definition) is 9. The van der Waals surface area contributed by atoms with Gasteiger partial charge in [-0.1, -0.05) is 53.7 Å². The standard InChI is InChI=1S/C26H28N4O8/c1-3-36-25(34)29-30-21(20(23(30)32)28-19(31)14-16-10-6-4-7-11-16)22-26(2,35)18(15-27-38-22)37-24(33)17-12-8-5-9-13-17/h4-13,15,18,20-22,35H,3,14H2,1-2H3,(H,28,31)(H,29,34)/t18-,20-,21-,22+,26-/m1/s1.